The molecule has 0 radical (unpaired) electrons. The van der Waals surface area contributed by atoms with Crippen molar-refractivity contribution in [3.63, 3.8) is 0 Å². The molecular weight excluding hydrogens is 265 g/mol. The SMILES string of the molecule is Cc1cc(C(=O)Cc2cc(F)ccc2Cl)cc(C)n1. The smallest absolute Gasteiger partial charge is 0.167 e. The first-order valence-corrected chi connectivity index (χ1v) is 6.26. The first-order chi connectivity index (χ1) is 8.95. The quantitative estimate of drug-likeness (QED) is 0.796. The lowest BCUT2D eigenvalue weighted by molar-refractivity contribution is 0.0992. The summed E-state index contributed by atoms with van der Waals surface area (Å²) in [5.41, 5.74) is 2.64. The van der Waals surface area contributed by atoms with Crippen LogP contribution in [-0.2, 0) is 6.42 Å². The fourth-order valence-electron chi connectivity index (χ4n) is 1.95. The van der Waals surface area contributed by atoms with E-state index >= 15 is 0 Å². The van der Waals surface area contributed by atoms with Crippen LogP contribution in [-0.4, -0.2) is 10.8 Å². The molecule has 2 aromatic rings. The van der Waals surface area contributed by atoms with Crippen molar-refractivity contribution in [2.75, 3.05) is 0 Å². The van der Waals surface area contributed by atoms with Crippen LogP contribution in [0.5, 0.6) is 0 Å². The molecule has 0 amide bonds. The fraction of sp³-hybridized carbons (Fsp3) is 0.200. The molecule has 0 saturated heterocycles. The zero-order valence-electron chi connectivity index (χ0n) is 10.7. The zero-order chi connectivity index (χ0) is 14.0. The van der Waals surface area contributed by atoms with E-state index in [4.69, 9.17) is 11.6 Å². The number of carbonyl (C=O) groups is 1. The van der Waals surface area contributed by atoms with Gasteiger partial charge in [-0.05, 0) is 49.7 Å². The molecule has 2 nitrogen and oxygen atoms in total. The maximum Gasteiger partial charge on any atom is 0.167 e. The fourth-order valence-corrected chi connectivity index (χ4v) is 2.13. The molecule has 0 bridgehead atoms. The van der Waals surface area contributed by atoms with Crippen molar-refractivity contribution in [2.45, 2.75) is 20.3 Å². The monoisotopic (exact) mass is 277 g/mol. The van der Waals surface area contributed by atoms with E-state index in [9.17, 15) is 9.18 Å². The number of ketones is 1. The van der Waals surface area contributed by atoms with Crippen LogP contribution in [0.25, 0.3) is 0 Å². The lowest BCUT2D eigenvalue weighted by Crippen LogP contribution is -2.06. The second-order valence-corrected chi connectivity index (χ2v) is 4.88. The van der Waals surface area contributed by atoms with Gasteiger partial charge < -0.3 is 0 Å². The molecule has 0 atom stereocenters. The van der Waals surface area contributed by atoms with Gasteiger partial charge in [0.15, 0.2) is 5.78 Å². The molecule has 0 aliphatic carbocycles. The van der Waals surface area contributed by atoms with Crippen LogP contribution >= 0.6 is 11.6 Å². The summed E-state index contributed by atoms with van der Waals surface area (Å²) in [6, 6.07) is 7.48. The second-order valence-electron chi connectivity index (χ2n) is 4.47. The van der Waals surface area contributed by atoms with Crippen LogP contribution < -0.4 is 0 Å². The standard InChI is InChI=1S/C15H13ClFNO/c1-9-5-12(6-10(2)18-9)15(19)8-11-7-13(17)3-4-14(11)16/h3-7H,8H2,1-2H3. The third-order valence-electron chi connectivity index (χ3n) is 2.76. The Bertz CT molecular complexity index is 620. The molecule has 1 heterocycles. The van der Waals surface area contributed by atoms with Gasteiger partial charge in [0.2, 0.25) is 0 Å². The Morgan fingerprint density at radius 2 is 1.84 bits per heavy atom. The van der Waals surface area contributed by atoms with E-state index in [1.165, 1.54) is 18.2 Å². The van der Waals surface area contributed by atoms with Gasteiger partial charge in [-0.15, -0.1) is 0 Å². The maximum absolute atomic E-state index is 13.1. The average molecular weight is 278 g/mol. The van der Waals surface area contributed by atoms with Crippen molar-refractivity contribution in [3.05, 3.63) is 63.7 Å². The predicted molar refractivity (Wildman–Crippen MR) is 73.2 cm³/mol. The van der Waals surface area contributed by atoms with Crippen LogP contribution in [0, 0.1) is 19.7 Å². The van der Waals surface area contributed by atoms with Crippen LogP contribution in [0.1, 0.15) is 27.3 Å². The molecule has 1 aromatic heterocycles. The molecule has 2 rings (SSSR count). The van der Waals surface area contributed by atoms with Crippen molar-refractivity contribution < 1.29 is 9.18 Å². The summed E-state index contributed by atoms with van der Waals surface area (Å²) in [4.78, 5) is 16.4. The molecule has 0 N–H and O–H groups in total. The van der Waals surface area contributed by atoms with E-state index < -0.39 is 5.82 Å². The normalized spacial score (nSPS) is 10.5. The van der Waals surface area contributed by atoms with Gasteiger partial charge in [-0.3, -0.25) is 9.78 Å². The zero-order valence-corrected chi connectivity index (χ0v) is 11.5. The topological polar surface area (TPSA) is 30.0 Å². The summed E-state index contributed by atoms with van der Waals surface area (Å²) in [7, 11) is 0. The van der Waals surface area contributed by atoms with Gasteiger partial charge in [-0.2, -0.15) is 0 Å². The molecule has 0 saturated carbocycles. The van der Waals surface area contributed by atoms with Crippen molar-refractivity contribution in [1.29, 1.82) is 0 Å². The van der Waals surface area contributed by atoms with Crippen LogP contribution in [0.2, 0.25) is 5.02 Å². The number of halogens is 2. The van der Waals surface area contributed by atoms with Gasteiger partial charge in [0.05, 0.1) is 0 Å². The summed E-state index contributed by atoms with van der Waals surface area (Å²) in [6.45, 7) is 3.66. The van der Waals surface area contributed by atoms with Gasteiger partial charge in [0.25, 0.3) is 0 Å². The maximum atomic E-state index is 13.1. The number of Topliss-reactive ketones (excluding diaryl/α,β-unsaturated/α-hetero) is 1. The molecule has 0 spiro atoms. The summed E-state index contributed by atoms with van der Waals surface area (Å²) >= 11 is 5.96. The number of aryl methyl sites for hydroxylation is 2. The third kappa shape index (κ3) is 3.38. The molecule has 0 aliphatic heterocycles. The minimum Gasteiger partial charge on any atom is -0.294 e. The summed E-state index contributed by atoms with van der Waals surface area (Å²) in [6.07, 6.45) is 0.0828. The highest BCUT2D eigenvalue weighted by Crippen LogP contribution is 2.19. The number of rotatable bonds is 3. The number of carbonyl (C=O) groups excluding carboxylic acids is 1. The number of hydrogen-bond acceptors (Lipinski definition) is 2. The van der Waals surface area contributed by atoms with Gasteiger partial charge in [-0.1, -0.05) is 11.6 Å². The molecule has 19 heavy (non-hydrogen) atoms. The highest BCUT2D eigenvalue weighted by Gasteiger charge is 2.11. The van der Waals surface area contributed by atoms with E-state index in [-0.39, 0.29) is 12.2 Å². The molecule has 0 unspecified atom stereocenters. The van der Waals surface area contributed by atoms with E-state index in [1.807, 2.05) is 13.8 Å². The summed E-state index contributed by atoms with van der Waals surface area (Å²) in [5.74, 6) is -0.490. The largest absolute Gasteiger partial charge is 0.294 e. The van der Waals surface area contributed by atoms with Crippen LogP contribution in [0.3, 0.4) is 0 Å². The van der Waals surface area contributed by atoms with Crippen molar-refractivity contribution >= 4 is 17.4 Å². The highest BCUT2D eigenvalue weighted by atomic mass is 35.5. The lowest BCUT2D eigenvalue weighted by atomic mass is 10.0. The Hall–Kier alpha value is -1.74. The van der Waals surface area contributed by atoms with E-state index in [0.717, 1.165) is 11.4 Å². The van der Waals surface area contributed by atoms with Gasteiger partial charge >= 0.3 is 0 Å². The summed E-state index contributed by atoms with van der Waals surface area (Å²) in [5, 5.41) is 0.400. The van der Waals surface area contributed by atoms with Crippen LogP contribution in [0.15, 0.2) is 30.3 Å². The van der Waals surface area contributed by atoms with Gasteiger partial charge in [0, 0.05) is 28.4 Å². The van der Waals surface area contributed by atoms with Gasteiger partial charge in [-0.25, -0.2) is 4.39 Å². The molecule has 98 valence electrons. The number of pyridine rings is 1. The Kier molecular flexibility index (Phi) is 3.96. The van der Waals surface area contributed by atoms with Crippen molar-refractivity contribution in [1.82, 2.24) is 4.98 Å². The molecule has 4 heteroatoms. The minimum absolute atomic E-state index is 0.0828. The Morgan fingerprint density at radius 1 is 1.21 bits per heavy atom. The lowest BCUT2D eigenvalue weighted by Gasteiger charge is -2.06. The van der Waals surface area contributed by atoms with Crippen LogP contribution in [0.4, 0.5) is 4.39 Å². The number of aromatic nitrogens is 1. The van der Waals surface area contributed by atoms with Crippen molar-refractivity contribution in [2.24, 2.45) is 0 Å². The Labute approximate surface area is 116 Å². The Morgan fingerprint density at radius 3 is 2.47 bits per heavy atom. The second kappa shape index (κ2) is 5.49. The van der Waals surface area contributed by atoms with Gasteiger partial charge in [0.1, 0.15) is 5.82 Å². The first-order valence-electron chi connectivity index (χ1n) is 5.88. The van der Waals surface area contributed by atoms with Crippen molar-refractivity contribution in [3.8, 4) is 0 Å². The number of benzene rings is 1. The predicted octanol–water partition coefficient (Wildman–Crippen LogP) is 3.92. The van der Waals surface area contributed by atoms with E-state index in [0.29, 0.717) is 16.1 Å². The Balaban J connectivity index is 2.28. The number of nitrogens with zero attached hydrogens (tertiary/aromatic N) is 1. The molecule has 0 fully saturated rings. The molecular formula is C15H13ClFNO. The van der Waals surface area contributed by atoms with E-state index in [2.05, 4.69) is 4.98 Å². The summed E-state index contributed by atoms with van der Waals surface area (Å²) < 4.78 is 13.1. The molecule has 0 aliphatic rings. The third-order valence-corrected chi connectivity index (χ3v) is 3.13. The molecule has 1 aromatic carbocycles. The minimum atomic E-state index is -0.394. The van der Waals surface area contributed by atoms with E-state index in [1.54, 1.807) is 12.1 Å². The highest BCUT2D eigenvalue weighted by molar-refractivity contribution is 6.31. The number of hydrogen-bond donors (Lipinski definition) is 0. The average Bonchev–Trinajstić information content (AvgIpc) is 2.32. The first kappa shape index (κ1) is 13.7.